The maximum atomic E-state index is 12.3. The normalized spacial score (nSPS) is 10.1. The maximum Gasteiger partial charge on any atom is 0.307 e. The van der Waals surface area contributed by atoms with Gasteiger partial charge in [-0.3, -0.25) is 9.59 Å². The Bertz CT molecular complexity index is 712. The van der Waals surface area contributed by atoms with E-state index in [1.807, 2.05) is 37.3 Å². The Morgan fingerprint density at radius 1 is 1.08 bits per heavy atom. The van der Waals surface area contributed by atoms with Crippen molar-refractivity contribution in [3.05, 3.63) is 65.2 Å². The number of ether oxygens (including phenoxy) is 2. The summed E-state index contributed by atoms with van der Waals surface area (Å²) in [4.78, 5) is 23.3. The number of esters is 1. The number of nitrogens with one attached hydrogen (secondary N) is 1. The van der Waals surface area contributed by atoms with E-state index in [9.17, 15) is 9.59 Å². The number of rotatable bonds is 7. The predicted octanol–water partition coefficient (Wildman–Crippen LogP) is 2.87. The van der Waals surface area contributed by atoms with Gasteiger partial charge >= 0.3 is 5.97 Å². The van der Waals surface area contributed by atoms with Crippen LogP contribution in [0.25, 0.3) is 0 Å². The lowest BCUT2D eigenvalue weighted by atomic mass is 10.1. The molecule has 1 N–H and O–H groups in total. The number of benzene rings is 2. The van der Waals surface area contributed by atoms with Gasteiger partial charge < -0.3 is 14.8 Å². The molecule has 0 aliphatic heterocycles. The van der Waals surface area contributed by atoms with Crippen molar-refractivity contribution < 1.29 is 19.1 Å². The third-order valence-corrected chi connectivity index (χ3v) is 3.45. The highest BCUT2D eigenvalue weighted by Gasteiger charge is 2.12. The minimum absolute atomic E-state index is 0.133. The highest BCUT2D eigenvalue weighted by Crippen LogP contribution is 2.19. The first-order valence-electron chi connectivity index (χ1n) is 7.72. The van der Waals surface area contributed by atoms with E-state index >= 15 is 0 Å². The van der Waals surface area contributed by atoms with E-state index in [2.05, 4.69) is 10.1 Å². The number of hydrogen-bond acceptors (Lipinski definition) is 4. The summed E-state index contributed by atoms with van der Waals surface area (Å²) in [5.41, 5.74) is 2.64. The Morgan fingerprint density at radius 3 is 2.62 bits per heavy atom. The molecule has 2 aromatic rings. The van der Waals surface area contributed by atoms with Gasteiger partial charge in [0.15, 0.2) is 0 Å². The second-order valence-electron chi connectivity index (χ2n) is 5.36. The van der Waals surface area contributed by atoms with E-state index in [0.717, 1.165) is 11.1 Å². The van der Waals surface area contributed by atoms with Crippen LogP contribution in [-0.4, -0.2) is 25.5 Å². The lowest BCUT2D eigenvalue weighted by Gasteiger charge is -2.12. The van der Waals surface area contributed by atoms with Gasteiger partial charge in [0.1, 0.15) is 12.4 Å². The zero-order valence-electron chi connectivity index (χ0n) is 13.9. The molecule has 0 atom stereocenters. The fourth-order valence-corrected chi connectivity index (χ4v) is 2.22. The van der Waals surface area contributed by atoms with Crippen molar-refractivity contribution >= 4 is 11.9 Å². The van der Waals surface area contributed by atoms with E-state index in [0.29, 0.717) is 17.9 Å². The monoisotopic (exact) mass is 327 g/mol. The molecule has 0 unspecified atom stereocenters. The van der Waals surface area contributed by atoms with Gasteiger partial charge in [-0.25, -0.2) is 0 Å². The molecule has 2 rings (SSSR count). The second-order valence-corrected chi connectivity index (χ2v) is 5.36. The van der Waals surface area contributed by atoms with Crippen LogP contribution in [0.5, 0.6) is 5.75 Å². The average molecular weight is 327 g/mol. The molecule has 24 heavy (non-hydrogen) atoms. The number of aryl methyl sites for hydroxylation is 1. The largest absolute Gasteiger partial charge is 0.488 e. The molecule has 0 saturated heterocycles. The minimum Gasteiger partial charge on any atom is -0.488 e. The average Bonchev–Trinajstić information content (AvgIpc) is 2.60. The summed E-state index contributed by atoms with van der Waals surface area (Å²) in [5, 5.41) is 2.69. The first-order valence-corrected chi connectivity index (χ1v) is 7.72. The van der Waals surface area contributed by atoms with Crippen LogP contribution in [0.1, 0.15) is 27.9 Å². The summed E-state index contributed by atoms with van der Waals surface area (Å²) >= 11 is 0. The molecule has 0 heterocycles. The van der Waals surface area contributed by atoms with E-state index in [4.69, 9.17) is 4.74 Å². The molecular formula is C19H21NO4. The van der Waals surface area contributed by atoms with Gasteiger partial charge in [0.25, 0.3) is 5.91 Å². The lowest BCUT2D eigenvalue weighted by Crippen LogP contribution is -2.26. The van der Waals surface area contributed by atoms with Gasteiger partial charge in [-0.15, -0.1) is 0 Å². The lowest BCUT2D eigenvalue weighted by molar-refractivity contribution is -0.140. The molecule has 5 heteroatoms. The molecule has 1 amide bonds. The summed E-state index contributed by atoms with van der Waals surface area (Å²) in [6.07, 6.45) is 0.133. The molecule has 0 spiro atoms. The fraction of sp³-hybridized carbons (Fsp3) is 0.263. The van der Waals surface area contributed by atoms with Gasteiger partial charge in [0, 0.05) is 6.54 Å². The first kappa shape index (κ1) is 17.5. The van der Waals surface area contributed by atoms with Gasteiger partial charge in [0.05, 0.1) is 19.1 Å². The van der Waals surface area contributed by atoms with Crippen molar-refractivity contribution in [3.63, 3.8) is 0 Å². The molecule has 0 radical (unpaired) electrons. The fourth-order valence-electron chi connectivity index (χ4n) is 2.22. The maximum absolute atomic E-state index is 12.3. The van der Waals surface area contributed by atoms with Crippen LogP contribution >= 0.6 is 0 Å². The van der Waals surface area contributed by atoms with E-state index < -0.39 is 0 Å². The van der Waals surface area contributed by atoms with Crippen LogP contribution in [0, 0.1) is 6.92 Å². The summed E-state index contributed by atoms with van der Waals surface area (Å²) in [6.45, 7) is 2.62. The van der Waals surface area contributed by atoms with Crippen molar-refractivity contribution in [2.24, 2.45) is 0 Å². The van der Waals surface area contributed by atoms with Crippen LogP contribution < -0.4 is 10.1 Å². The molecular weight excluding hydrogens is 306 g/mol. The quantitative estimate of drug-likeness (QED) is 0.794. The van der Waals surface area contributed by atoms with Crippen LogP contribution in [0.2, 0.25) is 0 Å². The van der Waals surface area contributed by atoms with Crippen LogP contribution in [0.4, 0.5) is 0 Å². The van der Waals surface area contributed by atoms with Gasteiger partial charge in [-0.1, -0.05) is 42.0 Å². The zero-order chi connectivity index (χ0) is 17.4. The molecule has 0 aliphatic rings. The third-order valence-electron chi connectivity index (χ3n) is 3.45. The number of amides is 1. The topological polar surface area (TPSA) is 64.6 Å². The number of carbonyl (C=O) groups is 2. The van der Waals surface area contributed by atoms with Gasteiger partial charge in [-0.05, 0) is 24.6 Å². The van der Waals surface area contributed by atoms with Gasteiger partial charge in [-0.2, -0.15) is 0 Å². The van der Waals surface area contributed by atoms with Crippen LogP contribution in [0.3, 0.4) is 0 Å². The molecule has 0 aromatic heterocycles. The number of methoxy groups -OCH3 is 1. The number of carbonyl (C=O) groups excluding carboxylic acids is 2. The molecule has 0 saturated carbocycles. The van der Waals surface area contributed by atoms with Gasteiger partial charge in [0.2, 0.25) is 0 Å². The van der Waals surface area contributed by atoms with Crippen molar-refractivity contribution in [2.75, 3.05) is 13.7 Å². The summed E-state index contributed by atoms with van der Waals surface area (Å²) < 4.78 is 10.3. The zero-order valence-corrected chi connectivity index (χ0v) is 13.9. The number of hydrogen-bond donors (Lipinski definition) is 1. The van der Waals surface area contributed by atoms with Crippen molar-refractivity contribution in [2.45, 2.75) is 20.0 Å². The van der Waals surface area contributed by atoms with Crippen molar-refractivity contribution in [1.29, 1.82) is 0 Å². The predicted molar refractivity (Wildman–Crippen MR) is 90.9 cm³/mol. The molecule has 0 aliphatic carbocycles. The Balaban J connectivity index is 1.98. The van der Waals surface area contributed by atoms with Crippen molar-refractivity contribution in [1.82, 2.24) is 5.32 Å². The van der Waals surface area contributed by atoms with Crippen molar-refractivity contribution in [3.8, 4) is 5.75 Å². The SMILES string of the molecule is COC(=O)CCNC(=O)c1ccccc1OCc1cccc(C)c1. The first-order chi connectivity index (χ1) is 11.6. The molecule has 2 aromatic carbocycles. The third kappa shape index (κ3) is 5.12. The van der Waals surface area contributed by atoms with Crippen LogP contribution in [0.15, 0.2) is 48.5 Å². The Morgan fingerprint density at radius 2 is 1.88 bits per heavy atom. The van der Waals surface area contributed by atoms with E-state index in [-0.39, 0.29) is 24.8 Å². The highest BCUT2D eigenvalue weighted by molar-refractivity contribution is 5.97. The summed E-state index contributed by atoms with van der Waals surface area (Å²) in [5.74, 6) is -0.132. The second kappa shape index (κ2) is 8.72. The Labute approximate surface area is 141 Å². The molecule has 5 nitrogen and oxygen atoms in total. The Kier molecular flexibility index (Phi) is 6.37. The van der Waals surface area contributed by atoms with E-state index in [1.165, 1.54) is 7.11 Å². The molecule has 0 bridgehead atoms. The smallest absolute Gasteiger partial charge is 0.307 e. The molecule has 0 fully saturated rings. The number of para-hydroxylation sites is 1. The Hall–Kier alpha value is -2.82. The summed E-state index contributed by atoms with van der Waals surface area (Å²) in [7, 11) is 1.32. The highest BCUT2D eigenvalue weighted by atomic mass is 16.5. The minimum atomic E-state index is -0.362. The standard InChI is InChI=1S/C19H21NO4/c1-14-6-5-7-15(12-14)13-24-17-9-4-3-8-16(17)19(22)20-11-10-18(21)23-2/h3-9,12H,10-11,13H2,1-2H3,(H,20,22). The van der Waals surface area contributed by atoms with Crippen LogP contribution in [-0.2, 0) is 16.1 Å². The summed E-state index contributed by atoms with van der Waals surface area (Å²) in [6, 6.07) is 15.0. The van der Waals surface area contributed by atoms with E-state index in [1.54, 1.807) is 18.2 Å². The molecule has 126 valence electrons.